The summed E-state index contributed by atoms with van der Waals surface area (Å²) in [4.78, 5) is 1.21. The van der Waals surface area contributed by atoms with Gasteiger partial charge in [-0.15, -0.1) is 11.8 Å². The van der Waals surface area contributed by atoms with Crippen LogP contribution in [0.5, 0.6) is 0 Å². The largest absolute Gasteiger partial charge is 0.623 e. The maximum atomic E-state index is 11.6. The fourth-order valence-electron chi connectivity index (χ4n) is 1.02. The monoisotopic (exact) mass is 223 g/mol. The lowest BCUT2D eigenvalue weighted by atomic mass is 10.1. The van der Waals surface area contributed by atoms with Gasteiger partial charge in [0.25, 0.3) is 0 Å². The normalized spacial score (nSPS) is 12.9. The molecule has 0 heterocycles. The van der Waals surface area contributed by atoms with Crippen LogP contribution in [-0.2, 0) is 0 Å². The Hall–Kier alpha value is -0.960. The van der Waals surface area contributed by atoms with Gasteiger partial charge < -0.3 is 5.21 Å². The zero-order valence-corrected chi connectivity index (χ0v) is 10.5. The third kappa shape index (κ3) is 3.59. The molecule has 0 atom stereocenters. The molecule has 0 bridgehead atoms. The summed E-state index contributed by atoms with van der Waals surface area (Å²) in [5, 5.41) is 11.6. The van der Waals surface area contributed by atoms with Crippen molar-refractivity contribution in [1.82, 2.24) is 0 Å². The van der Waals surface area contributed by atoms with Crippen LogP contribution in [0.15, 0.2) is 29.2 Å². The SMILES string of the molecule is CSc1ccc(C=[N+]([O-])C(C)(C)C)cc1. The first-order valence-corrected chi connectivity index (χ1v) is 6.11. The molecule has 82 valence electrons. The van der Waals surface area contributed by atoms with Crippen molar-refractivity contribution in [3.8, 4) is 0 Å². The quantitative estimate of drug-likeness (QED) is 0.253. The number of nitrogens with zero attached hydrogens (tertiary/aromatic N) is 1. The minimum atomic E-state index is -0.377. The van der Waals surface area contributed by atoms with Crippen LogP contribution in [0.1, 0.15) is 26.3 Å². The molecular formula is C12H17NOS. The Morgan fingerprint density at radius 2 is 1.73 bits per heavy atom. The predicted octanol–water partition coefficient (Wildman–Crippen LogP) is 3.14. The summed E-state index contributed by atoms with van der Waals surface area (Å²) < 4.78 is 0.987. The van der Waals surface area contributed by atoms with E-state index in [2.05, 4.69) is 0 Å². The lowest BCUT2D eigenvalue weighted by Crippen LogP contribution is -2.29. The molecule has 0 aromatic heterocycles. The van der Waals surface area contributed by atoms with Crippen LogP contribution in [0.2, 0.25) is 0 Å². The van der Waals surface area contributed by atoms with Crippen molar-refractivity contribution in [1.29, 1.82) is 0 Å². The van der Waals surface area contributed by atoms with Gasteiger partial charge in [-0.2, -0.15) is 0 Å². The van der Waals surface area contributed by atoms with E-state index in [9.17, 15) is 5.21 Å². The Labute approximate surface area is 95.6 Å². The molecule has 0 fully saturated rings. The summed E-state index contributed by atoms with van der Waals surface area (Å²) in [6, 6.07) is 7.96. The molecule has 15 heavy (non-hydrogen) atoms. The first-order valence-electron chi connectivity index (χ1n) is 4.89. The second kappa shape index (κ2) is 4.71. The summed E-state index contributed by atoms with van der Waals surface area (Å²) in [7, 11) is 0. The molecule has 1 aromatic rings. The standard InChI is InChI=1S/C12H17NOS/c1-12(2,3)13(14)9-10-5-7-11(15-4)8-6-10/h5-9H,1-4H3. The maximum absolute atomic E-state index is 11.6. The fraction of sp³-hybridized carbons (Fsp3) is 0.417. The molecule has 0 aliphatic heterocycles. The van der Waals surface area contributed by atoms with E-state index in [1.54, 1.807) is 18.0 Å². The van der Waals surface area contributed by atoms with E-state index in [0.717, 1.165) is 10.3 Å². The Morgan fingerprint density at radius 1 is 1.20 bits per heavy atom. The van der Waals surface area contributed by atoms with Gasteiger partial charge in [-0.3, -0.25) is 0 Å². The highest BCUT2D eigenvalue weighted by molar-refractivity contribution is 7.98. The third-order valence-electron chi connectivity index (χ3n) is 2.04. The average Bonchev–Trinajstić information content (AvgIpc) is 2.17. The van der Waals surface area contributed by atoms with Crippen molar-refractivity contribution in [2.75, 3.05) is 6.26 Å². The maximum Gasteiger partial charge on any atom is 0.182 e. The van der Waals surface area contributed by atoms with Gasteiger partial charge in [-0.1, -0.05) is 0 Å². The molecule has 2 nitrogen and oxygen atoms in total. The van der Waals surface area contributed by atoms with Gasteiger partial charge >= 0.3 is 0 Å². The van der Waals surface area contributed by atoms with E-state index >= 15 is 0 Å². The van der Waals surface area contributed by atoms with Gasteiger partial charge in [0, 0.05) is 31.2 Å². The number of thioether (sulfide) groups is 1. The molecule has 3 heteroatoms. The molecule has 0 N–H and O–H groups in total. The Balaban J connectivity index is 2.89. The van der Waals surface area contributed by atoms with E-state index in [4.69, 9.17) is 0 Å². The summed E-state index contributed by atoms with van der Waals surface area (Å²) in [5.74, 6) is 0. The van der Waals surface area contributed by atoms with E-state index < -0.39 is 0 Å². The van der Waals surface area contributed by atoms with Gasteiger partial charge in [0.15, 0.2) is 11.8 Å². The van der Waals surface area contributed by atoms with E-state index in [1.165, 1.54) is 4.90 Å². The molecule has 0 aliphatic rings. The molecule has 1 aromatic carbocycles. The Bertz CT molecular complexity index is 349. The van der Waals surface area contributed by atoms with Gasteiger partial charge in [0.05, 0.1) is 0 Å². The van der Waals surface area contributed by atoms with Crippen LogP contribution < -0.4 is 0 Å². The molecule has 0 aliphatic carbocycles. The third-order valence-corrected chi connectivity index (χ3v) is 2.79. The van der Waals surface area contributed by atoms with Crippen molar-refractivity contribution < 1.29 is 4.74 Å². The van der Waals surface area contributed by atoms with Crippen molar-refractivity contribution in [2.45, 2.75) is 31.2 Å². The summed E-state index contributed by atoms with van der Waals surface area (Å²) in [6.45, 7) is 5.69. The number of rotatable bonds is 2. The van der Waals surface area contributed by atoms with Crippen LogP contribution in [0.3, 0.4) is 0 Å². The second-order valence-electron chi connectivity index (χ2n) is 4.40. The molecule has 0 saturated carbocycles. The van der Waals surface area contributed by atoms with Crippen LogP contribution in [0.4, 0.5) is 0 Å². The van der Waals surface area contributed by atoms with Crippen molar-refractivity contribution in [2.24, 2.45) is 0 Å². The van der Waals surface area contributed by atoms with Crippen molar-refractivity contribution >= 4 is 18.0 Å². The Morgan fingerprint density at radius 3 is 2.13 bits per heavy atom. The zero-order valence-electron chi connectivity index (χ0n) is 9.65. The van der Waals surface area contributed by atoms with Gasteiger partial charge in [-0.05, 0) is 30.5 Å². The number of hydroxylamine groups is 1. The summed E-state index contributed by atoms with van der Waals surface area (Å²) in [6.07, 6.45) is 3.66. The van der Waals surface area contributed by atoms with Crippen molar-refractivity contribution in [3.63, 3.8) is 0 Å². The second-order valence-corrected chi connectivity index (χ2v) is 5.28. The molecule has 0 saturated heterocycles. The highest BCUT2D eigenvalue weighted by Crippen LogP contribution is 2.14. The van der Waals surface area contributed by atoms with Crippen LogP contribution in [-0.4, -0.2) is 22.7 Å². The molecule has 0 radical (unpaired) electrons. The minimum Gasteiger partial charge on any atom is -0.623 e. The summed E-state index contributed by atoms with van der Waals surface area (Å²) in [5.41, 5.74) is 0.566. The first-order chi connectivity index (χ1) is 6.93. The van der Waals surface area contributed by atoms with Crippen LogP contribution >= 0.6 is 11.8 Å². The van der Waals surface area contributed by atoms with Crippen molar-refractivity contribution in [3.05, 3.63) is 35.0 Å². The van der Waals surface area contributed by atoms with E-state index in [0.29, 0.717) is 0 Å². The van der Waals surface area contributed by atoms with Gasteiger partial charge in [0.2, 0.25) is 0 Å². The minimum absolute atomic E-state index is 0.377. The Kier molecular flexibility index (Phi) is 3.80. The lowest BCUT2D eigenvalue weighted by molar-refractivity contribution is -0.530. The van der Waals surface area contributed by atoms with Crippen LogP contribution in [0.25, 0.3) is 0 Å². The average molecular weight is 223 g/mol. The van der Waals surface area contributed by atoms with Gasteiger partial charge in [0.1, 0.15) is 0 Å². The molecular weight excluding hydrogens is 206 g/mol. The highest BCUT2D eigenvalue weighted by atomic mass is 32.2. The smallest absolute Gasteiger partial charge is 0.182 e. The highest BCUT2D eigenvalue weighted by Gasteiger charge is 2.17. The summed E-state index contributed by atoms with van der Waals surface area (Å²) >= 11 is 1.70. The van der Waals surface area contributed by atoms with Gasteiger partial charge in [-0.25, -0.2) is 4.74 Å². The zero-order chi connectivity index (χ0) is 11.5. The predicted molar refractivity (Wildman–Crippen MR) is 66.8 cm³/mol. The topological polar surface area (TPSA) is 26.1 Å². The lowest BCUT2D eigenvalue weighted by Gasteiger charge is -2.18. The fourth-order valence-corrected chi connectivity index (χ4v) is 1.43. The number of benzene rings is 1. The van der Waals surface area contributed by atoms with E-state index in [-0.39, 0.29) is 5.54 Å². The number of hydrogen-bond acceptors (Lipinski definition) is 2. The number of hydrogen-bond donors (Lipinski definition) is 0. The molecule has 1 rings (SSSR count). The molecule has 0 spiro atoms. The van der Waals surface area contributed by atoms with E-state index in [1.807, 2.05) is 51.3 Å². The molecule has 0 amide bonds. The molecule has 0 unspecified atom stereocenters. The van der Waals surface area contributed by atoms with Crippen LogP contribution in [0, 0.1) is 5.21 Å². The first kappa shape index (κ1) is 12.1.